The van der Waals surface area contributed by atoms with Gasteiger partial charge in [-0.05, 0) is 30.5 Å². The number of likely N-dealkylation sites (tertiary alicyclic amines) is 1. The molecule has 0 bridgehead atoms. The number of rotatable bonds is 4. The van der Waals surface area contributed by atoms with Gasteiger partial charge in [0, 0.05) is 44.9 Å². The van der Waals surface area contributed by atoms with Crippen LogP contribution in [0.4, 0.5) is 0 Å². The first-order valence-electron chi connectivity index (χ1n) is 8.56. The number of carbonyl (C=O) groups is 2. The van der Waals surface area contributed by atoms with Crippen LogP contribution in [0.5, 0.6) is 0 Å². The third-order valence-electron chi connectivity index (χ3n) is 4.74. The Kier molecular flexibility index (Phi) is 7.23. The highest BCUT2D eigenvalue weighted by Gasteiger charge is 2.31. The number of nitrogens with one attached hydrogen (secondary N) is 1. The number of halogens is 1. The lowest BCUT2D eigenvalue weighted by Crippen LogP contribution is -2.57. The Labute approximate surface area is 154 Å². The highest BCUT2D eigenvalue weighted by molar-refractivity contribution is 5.94. The summed E-state index contributed by atoms with van der Waals surface area (Å²) in [7, 11) is 1.65. The van der Waals surface area contributed by atoms with Crippen LogP contribution in [0.2, 0.25) is 0 Å². The summed E-state index contributed by atoms with van der Waals surface area (Å²) in [6.07, 6.45) is 1.91. The molecule has 3 rings (SSSR count). The van der Waals surface area contributed by atoms with Gasteiger partial charge in [-0.2, -0.15) is 0 Å². The maximum atomic E-state index is 12.8. The zero-order valence-corrected chi connectivity index (χ0v) is 15.4. The molecular formula is C18H26ClN3O3. The second-order valence-corrected chi connectivity index (χ2v) is 6.44. The van der Waals surface area contributed by atoms with Crippen molar-refractivity contribution in [2.24, 2.45) is 0 Å². The molecule has 2 fully saturated rings. The van der Waals surface area contributed by atoms with Crippen molar-refractivity contribution in [3.8, 4) is 0 Å². The van der Waals surface area contributed by atoms with Crippen molar-refractivity contribution in [3.05, 3.63) is 35.4 Å². The van der Waals surface area contributed by atoms with Crippen LogP contribution in [0, 0.1) is 0 Å². The van der Waals surface area contributed by atoms with Gasteiger partial charge in [-0.25, -0.2) is 0 Å². The number of methoxy groups -OCH3 is 1. The minimum absolute atomic E-state index is 0. The molecule has 0 radical (unpaired) electrons. The van der Waals surface area contributed by atoms with Gasteiger partial charge in [-0.15, -0.1) is 12.4 Å². The van der Waals surface area contributed by atoms with Crippen LogP contribution < -0.4 is 5.32 Å². The quantitative estimate of drug-likeness (QED) is 0.871. The molecule has 7 heteroatoms. The van der Waals surface area contributed by atoms with E-state index in [4.69, 9.17) is 4.74 Å². The van der Waals surface area contributed by atoms with Gasteiger partial charge in [-0.1, -0.05) is 12.1 Å². The SMILES string of the molecule is COCc1cccc(C(=O)N2CCCC(N3CCNCC3=O)C2)c1.Cl. The topological polar surface area (TPSA) is 61.9 Å². The number of amides is 2. The molecule has 1 N–H and O–H groups in total. The van der Waals surface area contributed by atoms with Gasteiger partial charge < -0.3 is 19.9 Å². The molecule has 2 aliphatic rings. The van der Waals surface area contributed by atoms with E-state index in [1.807, 2.05) is 34.1 Å². The van der Waals surface area contributed by atoms with Gasteiger partial charge >= 0.3 is 0 Å². The molecular weight excluding hydrogens is 342 g/mol. The lowest BCUT2D eigenvalue weighted by atomic mass is 10.0. The summed E-state index contributed by atoms with van der Waals surface area (Å²) < 4.78 is 5.14. The van der Waals surface area contributed by atoms with Crippen molar-refractivity contribution in [2.75, 3.05) is 39.8 Å². The van der Waals surface area contributed by atoms with E-state index < -0.39 is 0 Å². The van der Waals surface area contributed by atoms with Crippen LogP contribution >= 0.6 is 12.4 Å². The van der Waals surface area contributed by atoms with Crippen molar-refractivity contribution < 1.29 is 14.3 Å². The average Bonchev–Trinajstić information content (AvgIpc) is 2.62. The predicted octanol–water partition coefficient (Wildman–Crippen LogP) is 1.29. The van der Waals surface area contributed by atoms with Gasteiger partial charge in [0.15, 0.2) is 0 Å². The van der Waals surface area contributed by atoms with Crippen LogP contribution in [0.1, 0.15) is 28.8 Å². The minimum Gasteiger partial charge on any atom is -0.380 e. The van der Waals surface area contributed by atoms with E-state index in [9.17, 15) is 9.59 Å². The number of ether oxygens (including phenoxy) is 1. The van der Waals surface area contributed by atoms with E-state index in [0.717, 1.165) is 38.0 Å². The van der Waals surface area contributed by atoms with Crippen molar-refractivity contribution in [1.82, 2.24) is 15.1 Å². The van der Waals surface area contributed by atoms with Crippen LogP contribution in [0.25, 0.3) is 0 Å². The Bertz CT molecular complexity index is 611. The molecule has 1 unspecified atom stereocenters. The van der Waals surface area contributed by atoms with E-state index in [0.29, 0.717) is 25.3 Å². The van der Waals surface area contributed by atoms with Crippen molar-refractivity contribution in [2.45, 2.75) is 25.5 Å². The van der Waals surface area contributed by atoms with Crippen LogP contribution in [-0.2, 0) is 16.1 Å². The standard InChI is InChI=1S/C18H25N3O3.ClH/c1-24-13-14-4-2-5-15(10-14)18(23)20-8-3-6-16(12-20)21-9-7-19-11-17(21)22;/h2,4-5,10,16,19H,3,6-9,11-13H2,1H3;1H. The summed E-state index contributed by atoms with van der Waals surface area (Å²) in [5.74, 6) is 0.183. The zero-order valence-electron chi connectivity index (χ0n) is 14.6. The number of piperazine rings is 1. The van der Waals surface area contributed by atoms with E-state index in [1.165, 1.54) is 0 Å². The molecule has 0 spiro atoms. The molecule has 2 aliphatic heterocycles. The van der Waals surface area contributed by atoms with Gasteiger partial charge in [0.2, 0.25) is 5.91 Å². The van der Waals surface area contributed by atoms with E-state index in [2.05, 4.69) is 5.32 Å². The third kappa shape index (κ3) is 4.71. The van der Waals surface area contributed by atoms with Gasteiger partial charge in [0.05, 0.1) is 13.2 Å². The second-order valence-electron chi connectivity index (χ2n) is 6.44. The summed E-state index contributed by atoms with van der Waals surface area (Å²) in [6, 6.07) is 7.73. The number of piperidine rings is 1. The molecule has 0 aliphatic carbocycles. The van der Waals surface area contributed by atoms with Crippen molar-refractivity contribution >= 4 is 24.2 Å². The normalized spacial score (nSPS) is 21.0. The zero-order chi connectivity index (χ0) is 16.9. The Balaban J connectivity index is 0.00000225. The lowest BCUT2D eigenvalue weighted by Gasteiger charge is -2.41. The fraction of sp³-hybridized carbons (Fsp3) is 0.556. The van der Waals surface area contributed by atoms with Gasteiger partial charge in [-0.3, -0.25) is 9.59 Å². The summed E-state index contributed by atoms with van der Waals surface area (Å²) >= 11 is 0. The molecule has 2 saturated heterocycles. The fourth-order valence-electron chi connectivity index (χ4n) is 3.54. The Morgan fingerprint density at radius 3 is 2.96 bits per heavy atom. The molecule has 138 valence electrons. The average molecular weight is 368 g/mol. The Morgan fingerprint density at radius 1 is 1.36 bits per heavy atom. The van der Waals surface area contributed by atoms with Crippen LogP contribution in [0.15, 0.2) is 24.3 Å². The smallest absolute Gasteiger partial charge is 0.253 e. The summed E-state index contributed by atoms with van der Waals surface area (Å²) in [6.45, 7) is 3.84. The molecule has 1 atom stereocenters. The van der Waals surface area contributed by atoms with E-state index in [1.54, 1.807) is 7.11 Å². The number of hydrogen-bond acceptors (Lipinski definition) is 4. The minimum atomic E-state index is 0. The maximum absolute atomic E-state index is 12.8. The number of hydrogen-bond donors (Lipinski definition) is 1. The first kappa shape index (κ1) is 19.7. The van der Waals surface area contributed by atoms with Crippen LogP contribution in [-0.4, -0.2) is 67.5 Å². The monoisotopic (exact) mass is 367 g/mol. The first-order valence-corrected chi connectivity index (χ1v) is 8.56. The van der Waals surface area contributed by atoms with E-state index in [-0.39, 0.29) is 30.3 Å². The summed E-state index contributed by atoms with van der Waals surface area (Å²) in [4.78, 5) is 28.8. The highest BCUT2D eigenvalue weighted by Crippen LogP contribution is 2.19. The van der Waals surface area contributed by atoms with E-state index >= 15 is 0 Å². The number of benzene rings is 1. The van der Waals surface area contributed by atoms with Crippen LogP contribution in [0.3, 0.4) is 0 Å². The molecule has 0 saturated carbocycles. The number of nitrogens with zero attached hydrogens (tertiary/aromatic N) is 2. The summed E-state index contributed by atoms with van der Waals surface area (Å²) in [5.41, 5.74) is 1.69. The molecule has 2 heterocycles. The highest BCUT2D eigenvalue weighted by atomic mass is 35.5. The molecule has 0 aromatic heterocycles. The maximum Gasteiger partial charge on any atom is 0.253 e. The first-order chi connectivity index (χ1) is 11.7. The number of carbonyl (C=O) groups excluding carboxylic acids is 2. The summed E-state index contributed by atoms with van der Waals surface area (Å²) in [5, 5.41) is 3.10. The molecule has 2 amide bonds. The van der Waals surface area contributed by atoms with Crippen molar-refractivity contribution in [3.63, 3.8) is 0 Å². The third-order valence-corrected chi connectivity index (χ3v) is 4.74. The molecule has 1 aromatic carbocycles. The Hall–Kier alpha value is -1.63. The Morgan fingerprint density at radius 2 is 2.20 bits per heavy atom. The lowest BCUT2D eigenvalue weighted by molar-refractivity contribution is -0.135. The van der Waals surface area contributed by atoms with Gasteiger partial charge in [0.1, 0.15) is 0 Å². The molecule has 25 heavy (non-hydrogen) atoms. The molecule has 6 nitrogen and oxygen atoms in total. The van der Waals surface area contributed by atoms with Gasteiger partial charge in [0.25, 0.3) is 5.91 Å². The molecule has 1 aromatic rings. The largest absolute Gasteiger partial charge is 0.380 e. The fourth-order valence-corrected chi connectivity index (χ4v) is 3.54. The predicted molar refractivity (Wildman–Crippen MR) is 97.9 cm³/mol. The second kappa shape index (κ2) is 9.17. The van der Waals surface area contributed by atoms with Crippen molar-refractivity contribution in [1.29, 1.82) is 0 Å².